The highest BCUT2D eigenvalue weighted by Crippen LogP contribution is 2.38. The molecule has 8 heteroatoms. The normalized spacial score (nSPS) is 11.8. The predicted octanol–water partition coefficient (Wildman–Crippen LogP) is 5.32. The fourth-order valence-corrected chi connectivity index (χ4v) is 2.72. The van der Waals surface area contributed by atoms with E-state index in [2.05, 4.69) is 15.9 Å². The number of aromatic nitrogens is 1. The van der Waals surface area contributed by atoms with Crippen LogP contribution in [0.5, 0.6) is 0 Å². The summed E-state index contributed by atoms with van der Waals surface area (Å²) in [5, 5.41) is 10.8. The van der Waals surface area contributed by atoms with Crippen molar-refractivity contribution in [2.45, 2.75) is 6.18 Å². The largest absolute Gasteiger partial charge is 0.418 e. The van der Waals surface area contributed by atoms with Crippen LogP contribution in [-0.2, 0) is 6.18 Å². The minimum atomic E-state index is -4.49. The van der Waals surface area contributed by atoms with E-state index in [-0.39, 0.29) is 11.1 Å². The molecule has 0 aliphatic heterocycles. The minimum Gasteiger partial charge on any atom is -0.316 e. The summed E-state index contributed by atoms with van der Waals surface area (Å²) in [4.78, 5) is 10.1. The van der Waals surface area contributed by atoms with Crippen molar-refractivity contribution in [2.75, 3.05) is 0 Å². The highest BCUT2D eigenvalue weighted by Gasteiger charge is 2.34. The Kier molecular flexibility index (Phi) is 3.63. The summed E-state index contributed by atoms with van der Waals surface area (Å²) >= 11 is 3.25. The van der Waals surface area contributed by atoms with Crippen molar-refractivity contribution >= 4 is 32.5 Å². The summed E-state index contributed by atoms with van der Waals surface area (Å²) < 4.78 is 41.6. The number of rotatable bonds is 2. The van der Waals surface area contributed by atoms with E-state index in [1.54, 1.807) is 6.07 Å². The van der Waals surface area contributed by atoms with Gasteiger partial charge in [0.2, 0.25) is 0 Å². The Labute approximate surface area is 136 Å². The van der Waals surface area contributed by atoms with Gasteiger partial charge >= 0.3 is 6.18 Å². The molecule has 0 saturated carbocycles. The molecule has 0 aliphatic rings. The summed E-state index contributed by atoms with van der Waals surface area (Å²) in [7, 11) is 0. The Balaban J connectivity index is 2.24. The molecule has 23 heavy (non-hydrogen) atoms. The third-order valence-corrected chi connectivity index (χ3v) is 3.91. The Morgan fingerprint density at radius 2 is 1.74 bits per heavy atom. The molecule has 0 N–H and O–H groups in total. The standard InChI is InChI=1S/C15H8BrF3N2O2/c16-9-1-6-12-13(15(17,18)19)8-20(14(12)7-9)10-2-4-11(5-3-10)21(22)23/h1-8H. The van der Waals surface area contributed by atoms with Crippen LogP contribution in [0.3, 0.4) is 0 Å². The first-order chi connectivity index (χ1) is 10.8. The molecule has 0 amide bonds. The number of nitro groups is 1. The Morgan fingerprint density at radius 3 is 2.30 bits per heavy atom. The molecule has 0 spiro atoms. The van der Waals surface area contributed by atoms with Gasteiger partial charge in [-0.25, -0.2) is 0 Å². The molecular formula is C15H8BrF3N2O2. The topological polar surface area (TPSA) is 48.1 Å². The van der Waals surface area contributed by atoms with E-state index in [4.69, 9.17) is 0 Å². The van der Waals surface area contributed by atoms with Crippen LogP contribution in [0.2, 0.25) is 0 Å². The Morgan fingerprint density at radius 1 is 1.09 bits per heavy atom. The van der Waals surface area contributed by atoms with Crippen molar-refractivity contribution in [3.8, 4) is 5.69 Å². The van der Waals surface area contributed by atoms with E-state index in [9.17, 15) is 23.3 Å². The van der Waals surface area contributed by atoms with Gasteiger partial charge in [-0.05, 0) is 24.3 Å². The van der Waals surface area contributed by atoms with Crippen molar-refractivity contribution in [3.63, 3.8) is 0 Å². The summed E-state index contributed by atoms with van der Waals surface area (Å²) in [6.07, 6.45) is -3.49. The summed E-state index contributed by atoms with van der Waals surface area (Å²) in [5.74, 6) is 0. The lowest BCUT2D eigenvalue weighted by molar-refractivity contribution is -0.384. The number of hydrogen-bond acceptors (Lipinski definition) is 2. The van der Waals surface area contributed by atoms with Crippen LogP contribution in [0.15, 0.2) is 53.1 Å². The monoisotopic (exact) mass is 384 g/mol. The molecule has 2 aromatic carbocycles. The van der Waals surface area contributed by atoms with E-state index in [0.29, 0.717) is 15.7 Å². The van der Waals surface area contributed by atoms with Gasteiger partial charge in [0.15, 0.2) is 0 Å². The zero-order valence-corrected chi connectivity index (χ0v) is 12.9. The van der Waals surface area contributed by atoms with Gasteiger partial charge in [0.05, 0.1) is 16.0 Å². The van der Waals surface area contributed by atoms with E-state index in [1.807, 2.05) is 0 Å². The van der Waals surface area contributed by atoms with Gasteiger partial charge < -0.3 is 4.57 Å². The number of non-ortho nitro benzene ring substituents is 1. The number of halogens is 4. The van der Waals surface area contributed by atoms with Gasteiger partial charge in [-0.1, -0.05) is 22.0 Å². The van der Waals surface area contributed by atoms with Gasteiger partial charge in [-0.3, -0.25) is 10.1 Å². The molecule has 3 aromatic rings. The smallest absolute Gasteiger partial charge is 0.316 e. The molecule has 0 atom stereocenters. The maximum Gasteiger partial charge on any atom is 0.418 e. The highest BCUT2D eigenvalue weighted by molar-refractivity contribution is 9.10. The molecule has 1 heterocycles. The minimum absolute atomic E-state index is 0.0686. The number of nitrogens with zero attached hydrogens (tertiary/aromatic N) is 2. The molecule has 0 unspecified atom stereocenters. The van der Waals surface area contributed by atoms with E-state index < -0.39 is 16.7 Å². The zero-order valence-electron chi connectivity index (χ0n) is 11.3. The second-order valence-corrected chi connectivity index (χ2v) is 5.76. The third kappa shape index (κ3) is 2.81. The highest BCUT2D eigenvalue weighted by atomic mass is 79.9. The number of benzene rings is 2. The number of fused-ring (bicyclic) bond motifs is 1. The first-order valence-electron chi connectivity index (χ1n) is 6.40. The lowest BCUT2D eigenvalue weighted by atomic mass is 10.2. The summed E-state index contributed by atoms with van der Waals surface area (Å²) in [5.41, 5.74) is -0.101. The van der Waals surface area contributed by atoms with Crippen LogP contribution < -0.4 is 0 Å². The lowest BCUT2D eigenvalue weighted by Crippen LogP contribution is -2.03. The number of nitro benzene ring substituents is 1. The van der Waals surface area contributed by atoms with Crippen LogP contribution in [0.25, 0.3) is 16.6 Å². The maximum absolute atomic E-state index is 13.2. The molecular weight excluding hydrogens is 377 g/mol. The second-order valence-electron chi connectivity index (χ2n) is 4.85. The molecule has 0 bridgehead atoms. The van der Waals surface area contributed by atoms with Crippen molar-refractivity contribution < 1.29 is 18.1 Å². The Bertz CT molecular complexity index is 901. The second kappa shape index (κ2) is 5.38. The first-order valence-corrected chi connectivity index (χ1v) is 7.19. The first kappa shape index (κ1) is 15.5. The molecule has 3 rings (SSSR count). The quantitative estimate of drug-likeness (QED) is 0.443. The van der Waals surface area contributed by atoms with Gasteiger partial charge in [-0.15, -0.1) is 0 Å². The molecule has 118 valence electrons. The van der Waals surface area contributed by atoms with Crippen molar-refractivity contribution in [3.05, 3.63) is 68.8 Å². The van der Waals surface area contributed by atoms with E-state index in [1.165, 1.54) is 41.0 Å². The molecule has 0 fully saturated rings. The van der Waals surface area contributed by atoms with Gasteiger partial charge in [0.25, 0.3) is 5.69 Å². The number of alkyl halides is 3. The Hall–Kier alpha value is -2.35. The van der Waals surface area contributed by atoms with Crippen molar-refractivity contribution in [2.24, 2.45) is 0 Å². The fourth-order valence-electron chi connectivity index (χ4n) is 2.37. The van der Waals surface area contributed by atoms with Crippen molar-refractivity contribution in [1.29, 1.82) is 0 Å². The molecule has 0 saturated heterocycles. The molecule has 4 nitrogen and oxygen atoms in total. The number of hydrogen-bond donors (Lipinski definition) is 0. The van der Waals surface area contributed by atoms with Gasteiger partial charge in [0, 0.05) is 33.9 Å². The van der Waals surface area contributed by atoms with Crippen LogP contribution in [0, 0.1) is 10.1 Å². The van der Waals surface area contributed by atoms with E-state index >= 15 is 0 Å². The van der Waals surface area contributed by atoms with Crippen LogP contribution in [0.1, 0.15) is 5.56 Å². The summed E-state index contributed by atoms with van der Waals surface area (Å²) in [6.45, 7) is 0. The molecule has 0 radical (unpaired) electrons. The molecule has 1 aromatic heterocycles. The molecule has 0 aliphatic carbocycles. The maximum atomic E-state index is 13.2. The lowest BCUT2D eigenvalue weighted by Gasteiger charge is -2.05. The fraction of sp³-hybridized carbons (Fsp3) is 0.0667. The SMILES string of the molecule is O=[N+]([O-])c1ccc(-n2cc(C(F)(F)F)c3ccc(Br)cc32)cc1. The van der Waals surface area contributed by atoms with Crippen LogP contribution in [0.4, 0.5) is 18.9 Å². The average molecular weight is 385 g/mol. The van der Waals surface area contributed by atoms with Crippen LogP contribution in [-0.4, -0.2) is 9.49 Å². The zero-order chi connectivity index (χ0) is 16.8. The van der Waals surface area contributed by atoms with Gasteiger partial charge in [-0.2, -0.15) is 13.2 Å². The average Bonchev–Trinajstić information content (AvgIpc) is 2.86. The third-order valence-electron chi connectivity index (χ3n) is 3.41. The van der Waals surface area contributed by atoms with E-state index in [0.717, 1.165) is 6.20 Å². The summed E-state index contributed by atoms with van der Waals surface area (Å²) in [6, 6.07) is 9.85. The van der Waals surface area contributed by atoms with Crippen LogP contribution >= 0.6 is 15.9 Å². The van der Waals surface area contributed by atoms with Gasteiger partial charge in [0.1, 0.15) is 0 Å². The predicted molar refractivity (Wildman–Crippen MR) is 82.6 cm³/mol. The van der Waals surface area contributed by atoms with Crippen molar-refractivity contribution in [1.82, 2.24) is 4.57 Å².